The standard InChI is InChI=1S/C17H30O6/c1-12(9-7-5-3-4-6-8-10-16(20)21)22-17-15(19)11-14(18)13(2)23-17/h8,10,12-15,17-19H,3-7,9,11H2,1-2H3,(H,20,21)/b10-8+/t12-,13?,14+,15?,17+/m0/s1. The lowest BCUT2D eigenvalue weighted by molar-refractivity contribution is -0.273. The number of carboxylic acid groups (broad SMARTS) is 1. The molecule has 0 aromatic rings. The van der Waals surface area contributed by atoms with Crippen molar-refractivity contribution in [2.45, 2.75) is 89.5 Å². The average Bonchev–Trinajstić information content (AvgIpc) is 2.47. The van der Waals surface area contributed by atoms with Crippen LogP contribution in [0.3, 0.4) is 0 Å². The maximum absolute atomic E-state index is 10.3. The minimum Gasteiger partial charge on any atom is -0.478 e. The summed E-state index contributed by atoms with van der Waals surface area (Å²) in [6, 6.07) is 0. The van der Waals surface area contributed by atoms with Crippen molar-refractivity contribution in [2.24, 2.45) is 0 Å². The Labute approximate surface area is 138 Å². The minimum atomic E-state index is -0.898. The van der Waals surface area contributed by atoms with Crippen LogP contribution in [-0.2, 0) is 14.3 Å². The van der Waals surface area contributed by atoms with Crippen molar-refractivity contribution >= 4 is 5.97 Å². The summed E-state index contributed by atoms with van der Waals surface area (Å²) in [4.78, 5) is 10.3. The molecule has 0 amide bonds. The smallest absolute Gasteiger partial charge is 0.327 e. The molecule has 23 heavy (non-hydrogen) atoms. The zero-order chi connectivity index (χ0) is 17.2. The van der Waals surface area contributed by atoms with E-state index in [1.807, 2.05) is 6.92 Å². The molecule has 1 fully saturated rings. The highest BCUT2D eigenvalue weighted by molar-refractivity contribution is 5.79. The maximum atomic E-state index is 10.3. The topological polar surface area (TPSA) is 96.2 Å². The molecular weight excluding hydrogens is 300 g/mol. The first kappa shape index (κ1) is 20.1. The summed E-state index contributed by atoms with van der Waals surface area (Å²) in [6.07, 6.45) is 6.53. The fourth-order valence-electron chi connectivity index (χ4n) is 2.59. The highest BCUT2D eigenvalue weighted by Gasteiger charge is 2.35. The number of unbranched alkanes of at least 4 members (excludes halogenated alkanes) is 4. The molecule has 2 unspecified atom stereocenters. The van der Waals surface area contributed by atoms with Gasteiger partial charge in [-0.25, -0.2) is 4.79 Å². The summed E-state index contributed by atoms with van der Waals surface area (Å²) in [7, 11) is 0. The highest BCUT2D eigenvalue weighted by atomic mass is 16.7. The van der Waals surface area contributed by atoms with Crippen LogP contribution >= 0.6 is 0 Å². The lowest BCUT2D eigenvalue weighted by Gasteiger charge is -2.36. The number of aliphatic hydroxyl groups excluding tert-OH is 2. The molecule has 0 bridgehead atoms. The van der Waals surface area contributed by atoms with Crippen molar-refractivity contribution in [3.8, 4) is 0 Å². The van der Waals surface area contributed by atoms with E-state index in [0.29, 0.717) is 0 Å². The van der Waals surface area contributed by atoms with Gasteiger partial charge in [0.25, 0.3) is 0 Å². The van der Waals surface area contributed by atoms with Gasteiger partial charge in [-0.2, -0.15) is 0 Å². The Kier molecular flexibility index (Phi) is 9.40. The molecule has 1 saturated heterocycles. The number of aliphatic carboxylic acids is 1. The summed E-state index contributed by atoms with van der Waals surface area (Å²) in [5.74, 6) is -0.898. The van der Waals surface area contributed by atoms with Gasteiger partial charge in [0.15, 0.2) is 6.29 Å². The van der Waals surface area contributed by atoms with E-state index in [-0.39, 0.29) is 18.6 Å². The van der Waals surface area contributed by atoms with Gasteiger partial charge in [0.2, 0.25) is 0 Å². The first-order valence-corrected chi connectivity index (χ1v) is 8.46. The van der Waals surface area contributed by atoms with E-state index in [4.69, 9.17) is 14.6 Å². The number of rotatable bonds is 10. The number of hydrogen-bond donors (Lipinski definition) is 3. The van der Waals surface area contributed by atoms with Crippen LogP contribution in [0.5, 0.6) is 0 Å². The monoisotopic (exact) mass is 330 g/mol. The van der Waals surface area contributed by atoms with Crippen molar-refractivity contribution in [3.05, 3.63) is 12.2 Å². The third kappa shape index (κ3) is 8.46. The predicted octanol–water partition coefficient (Wildman–Crippen LogP) is 2.23. The van der Waals surface area contributed by atoms with Crippen LogP contribution in [0, 0.1) is 0 Å². The molecule has 0 aromatic heterocycles. The fraction of sp³-hybridized carbons (Fsp3) is 0.824. The van der Waals surface area contributed by atoms with E-state index < -0.39 is 24.5 Å². The number of hydrogen-bond acceptors (Lipinski definition) is 5. The molecule has 0 aromatic carbocycles. The maximum Gasteiger partial charge on any atom is 0.327 e. The predicted molar refractivity (Wildman–Crippen MR) is 86.0 cm³/mol. The molecule has 1 aliphatic heterocycles. The SMILES string of the molecule is CC1O[C@@H](O[C@@H](C)CCCCCC/C=C/C(=O)O)C(O)C[C@H]1O. The van der Waals surface area contributed by atoms with E-state index in [1.54, 1.807) is 13.0 Å². The normalized spacial score (nSPS) is 29.7. The van der Waals surface area contributed by atoms with Gasteiger partial charge in [0, 0.05) is 12.5 Å². The number of ether oxygens (including phenoxy) is 2. The van der Waals surface area contributed by atoms with Gasteiger partial charge >= 0.3 is 5.97 Å². The molecule has 1 heterocycles. The Morgan fingerprint density at radius 1 is 1.26 bits per heavy atom. The molecule has 0 aliphatic carbocycles. The lowest BCUT2D eigenvalue weighted by Crippen LogP contribution is -2.48. The van der Waals surface area contributed by atoms with Crippen LogP contribution in [0.4, 0.5) is 0 Å². The Balaban J connectivity index is 2.08. The quantitative estimate of drug-likeness (QED) is 0.420. The van der Waals surface area contributed by atoms with Crippen molar-refractivity contribution in [3.63, 3.8) is 0 Å². The van der Waals surface area contributed by atoms with E-state index >= 15 is 0 Å². The molecule has 0 spiro atoms. The second kappa shape index (κ2) is 10.8. The molecule has 134 valence electrons. The number of allylic oxidation sites excluding steroid dienone is 1. The van der Waals surface area contributed by atoms with Crippen molar-refractivity contribution < 1.29 is 29.6 Å². The molecule has 6 heteroatoms. The Morgan fingerprint density at radius 3 is 2.65 bits per heavy atom. The van der Waals surface area contributed by atoms with Gasteiger partial charge in [0.05, 0.1) is 18.3 Å². The van der Waals surface area contributed by atoms with Crippen LogP contribution in [0.2, 0.25) is 0 Å². The van der Waals surface area contributed by atoms with Crippen LogP contribution in [-0.4, -0.2) is 52.0 Å². The summed E-state index contributed by atoms with van der Waals surface area (Å²) in [5, 5.41) is 28.0. The molecule has 3 N–H and O–H groups in total. The third-order valence-corrected chi connectivity index (χ3v) is 4.05. The largest absolute Gasteiger partial charge is 0.478 e. The number of carbonyl (C=O) groups is 1. The summed E-state index contributed by atoms with van der Waals surface area (Å²) < 4.78 is 11.2. The first-order valence-electron chi connectivity index (χ1n) is 8.46. The fourth-order valence-corrected chi connectivity index (χ4v) is 2.59. The van der Waals surface area contributed by atoms with Gasteiger partial charge in [-0.1, -0.05) is 25.3 Å². The molecule has 0 radical (unpaired) electrons. The van der Waals surface area contributed by atoms with Crippen molar-refractivity contribution in [1.29, 1.82) is 0 Å². The van der Waals surface area contributed by atoms with E-state index in [0.717, 1.165) is 38.5 Å². The number of carboxylic acids is 1. The zero-order valence-electron chi connectivity index (χ0n) is 14.1. The van der Waals surface area contributed by atoms with Crippen LogP contribution in [0.1, 0.15) is 58.8 Å². The molecular formula is C17H30O6. The number of aliphatic hydroxyl groups is 2. The Hall–Kier alpha value is -0.950. The highest BCUT2D eigenvalue weighted by Crippen LogP contribution is 2.23. The van der Waals surface area contributed by atoms with Crippen LogP contribution < -0.4 is 0 Å². The van der Waals surface area contributed by atoms with Crippen LogP contribution in [0.15, 0.2) is 12.2 Å². The second-order valence-corrected chi connectivity index (χ2v) is 6.26. The summed E-state index contributed by atoms with van der Waals surface area (Å²) in [5.41, 5.74) is 0. The van der Waals surface area contributed by atoms with Gasteiger partial charge in [0.1, 0.15) is 6.10 Å². The van der Waals surface area contributed by atoms with Gasteiger partial charge in [-0.05, 0) is 33.1 Å². The average molecular weight is 330 g/mol. The minimum absolute atomic E-state index is 0.0102. The van der Waals surface area contributed by atoms with Gasteiger partial charge in [-0.15, -0.1) is 0 Å². The molecule has 0 saturated carbocycles. The molecule has 5 atom stereocenters. The molecule has 1 rings (SSSR count). The summed E-state index contributed by atoms with van der Waals surface area (Å²) in [6.45, 7) is 3.73. The zero-order valence-corrected chi connectivity index (χ0v) is 14.1. The van der Waals surface area contributed by atoms with E-state index in [9.17, 15) is 15.0 Å². The lowest BCUT2D eigenvalue weighted by atomic mass is 10.0. The molecule has 6 nitrogen and oxygen atoms in total. The second-order valence-electron chi connectivity index (χ2n) is 6.26. The molecule has 1 aliphatic rings. The first-order chi connectivity index (χ1) is 10.9. The van der Waals surface area contributed by atoms with E-state index in [2.05, 4.69) is 0 Å². The summed E-state index contributed by atoms with van der Waals surface area (Å²) >= 11 is 0. The van der Waals surface area contributed by atoms with Crippen molar-refractivity contribution in [2.75, 3.05) is 0 Å². The van der Waals surface area contributed by atoms with Gasteiger partial charge in [-0.3, -0.25) is 0 Å². The Morgan fingerprint density at radius 2 is 1.96 bits per heavy atom. The van der Waals surface area contributed by atoms with Crippen molar-refractivity contribution in [1.82, 2.24) is 0 Å². The van der Waals surface area contributed by atoms with Crippen LogP contribution in [0.25, 0.3) is 0 Å². The Bertz CT molecular complexity index is 370. The van der Waals surface area contributed by atoms with E-state index in [1.165, 1.54) is 6.08 Å². The van der Waals surface area contributed by atoms with Gasteiger partial charge < -0.3 is 24.8 Å². The third-order valence-electron chi connectivity index (χ3n) is 4.05.